The third kappa shape index (κ3) is 4.01. The first-order chi connectivity index (χ1) is 14.0. The number of benzene rings is 2. The molecule has 29 heavy (non-hydrogen) atoms. The van der Waals surface area contributed by atoms with Gasteiger partial charge < -0.3 is 9.47 Å². The average molecular weight is 396 g/mol. The van der Waals surface area contributed by atoms with Gasteiger partial charge in [-0.25, -0.2) is 14.1 Å². The van der Waals surface area contributed by atoms with Crippen LogP contribution in [0.4, 0.5) is 14.9 Å². The van der Waals surface area contributed by atoms with Gasteiger partial charge in [0.15, 0.2) is 11.5 Å². The minimum atomic E-state index is -1.02. The molecule has 0 aliphatic carbocycles. The molecular formula is C21H17FN2O5. The number of urea groups is 1. The van der Waals surface area contributed by atoms with E-state index in [1.165, 1.54) is 31.4 Å². The predicted molar refractivity (Wildman–Crippen MR) is 104 cm³/mol. The second kappa shape index (κ2) is 8.39. The van der Waals surface area contributed by atoms with Crippen LogP contribution in [0.5, 0.6) is 11.5 Å². The fraction of sp³-hybridized carbons (Fsp3) is 0.0952. The van der Waals surface area contributed by atoms with Crippen molar-refractivity contribution in [3.05, 3.63) is 72.1 Å². The standard InChI is InChI=1S/C21H17FN2O5/c1-3-10-29-17-9-8-13(12-18(17)28-2)11-14-19(25)23-21(27)24(20(14)26)16-7-5-4-6-15(16)22/h3-9,11-12H,1,10H2,2H3,(H,23,25,27)/b14-11-. The molecule has 0 radical (unpaired) electrons. The van der Waals surface area contributed by atoms with Crippen LogP contribution in [0, 0.1) is 5.82 Å². The van der Waals surface area contributed by atoms with Crippen LogP contribution >= 0.6 is 0 Å². The summed E-state index contributed by atoms with van der Waals surface area (Å²) in [5, 5.41) is 2.05. The van der Waals surface area contributed by atoms with E-state index in [0.29, 0.717) is 22.0 Å². The number of hydrogen-bond donors (Lipinski definition) is 1. The number of amides is 4. The van der Waals surface area contributed by atoms with Crippen molar-refractivity contribution in [2.75, 3.05) is 18.6 Å². The Bertz CT molecular complexity index is 1030. The number of nitrogens with zero attached hydrogens (tertiary/aromatic N) is 1. The first-order valence-corrected chi connectivity index (χ1v) is 8.54. The molecule has 1 fully saturated rings. The highest BCUT2D eigenvalue weighted by Gasteiger charge is 2.37. The van der Waals surface area contributed by atoms with Crippen molar-refractivity contribution < 1.29 is 28.2 Å². The molecule has 148 valence electrons. The van der Waals surface area contributed by atoms with Gasteiger partial charge in [0.2, 0.25) is 0 Å². The second-order valence-electron chi connectivity index (χ2n) is 5.92. The molecule has 2 aromatic carbocycles. The van der Waals surface area contributed by atoms with E-state index >= 15 is 0 Å². The van der Waals surface area contributed by atoms with E-state index in [-0.39, 0.29) is 17.9 Å². The molecule has 1 aliphatic rings. The lowest BCUT2D eigenvalue weighted by Crippen LogP contribution is -2.54. The average Bonchev–Trinajstić information content (AvgIpc) is 2.71. The number of carbonyl (C=O) groups excluding carboxylic acids is 3. The SMILES string of the molecule is C=CCOc1ccc(/C=C2/C(=O)NC(=O)N(c3ccccc3F)C2=O)cc1OC. The topological polar surface area (TPSA) is 84.9 Å². The number of nitrogens with one attached hydrogen (secondary N) is 1. The summed E-state index contributed by atoms with van der Waals surface area (Å²) in [5.41, 5.74) is -0.122. The number of hydrogen-bond acceptors (Lipinski definition) is 5. The summed E-state index contributed by atoms with van der Waals surface area (Å²) in [6, 6.07) is 9.06. The molecule has 8 heteroatoms. The largest absolute Gasteiger partial charge is 0.493 e. The first kappa shape index (κ1) is 19.8. The van der Waals surface area contributed by atoms with Crippen LogP contribution in [-0.2, 0) is 9.59 Å². The number of carbonyl (C=O) groups is 3. The van der Waals surface area contributed by atoms with Crippen LogP contribution in [0.15, 0.2) is 60.7 Å². The second-order valence-corrected chi connectivity index (χ2v) is 5.92. The van der Waals surface area contributed by atoms with Crippen molar-refractivity contribution in [2.45, 2.75) is 0 Å². The van der Waals surface area contributed by atoms with Crippen molar-refractivity contribution in [2.24, 2.45) is 0 Å². The van der Waals surface area contributed by atoms with Gasteiger partial charge in [-0.05, 0) is 35.9 Å². The van der Waals surface area contributed by atoms with Gasteiger partial charge in [0.05, 0.1) is 12.8 Å². The third-order valence-electron chi connectivity index (χ3n) is 4.05. The molecule has 3 rings (SSSR count). The highest BCUT2D eigenvalue weighted by molar-refractivity contribution is 6.39. The fourth-order valence-electron chi connectivity index (χ4n) is 2.72. The van der Waals surface area contributed by atoms with Crippen molar-refractivity contribution in [1.29, 1.82) is 0 Å². The number of rotatable bonds is 6. The van der Waals surface area contributed by atoms with Crippen LogP contribution in [0.3, 0.4) is 0 Å². The van der Waals surface area contributed by atoms with E-state index in [0.717, 1.165) is 6.07 Å². The Hall–Kier alpha value is -3.94. The minimum absolute atomic E-state index is 0.251. The number of methoxy groups -OCH3 is 1. The van der Waals surface area contributed by atoms with Crippen LogP contribution in [0.2, 0.25) is 0 Å². The Morgan fingerprint density at radius 1 is 1.14 bits per heavy atom. The monoisotopic (exact) mass is 396 g/mol. The van der Waals surface area contributed by atoms with Gasteiger partial charge in [-0.2, -0.15) is 0 Å². The number of barbiturate groups is 1. The van der Waals surface area contributed by atoms with Gasteiger partial charge in [0.1, 0.15) is 18.0 Å². The lowest BCUT2D eigenvalue weighted by atomic mass is 10.1. The number of imide groups is 2. The summed E-state index contributed by atoms with van der Waals surface area (Å²) in [5.74, 6) is -1.74. The zero-order chi connectivity index (χ0) is 21.0. The van der Waals surface area contributed by atoms with E-state index in [4.69, 9.17) is 9.47 Å². The summed E-state index contributed by atoms with van der Waals surface area (Å²) in [4.78, 5) is 37.8. The Morgan fingerprint density at radius 3 is 2.59 bits per heavy atom. The Labute approximate surface area is 166 Å². The number of anilines is 1. The maximum atomic E-state index is 14.1. The number of halogens is 1. The van der Waals surface area contributed by atoms with Gasteiger partial charge in [-0.3, -0.25) is 14.9 Å². The summed E-state index contributed by atoms with van der Waals surface area (Å²) >= 11 is 0. The zero-order valence-corrected chi connectivity index (χ0v) is 15.5. The number of para-hydroxylation sites is 1. The molecule has 2 aromatic rings. The summed E-state index contributed by atoms with van der Waals surface area (Å²) in [7, 11) is 1.45. The van der Waals surface area contributed by atoms with E-state index in [2.05, 4.69) is 6.58 Å². The quantitative estimate of drug-likeness (QED) is 0.461. The molecular weight excluding hydrogens is 379 g/mol. The van der Waals surface area contributed by atoms with Crippen molar-refractivity contribution in [1.82, 2.24) is 5.32 Å². The van der Waals surface area contributed by atoms with Crippen LogP contribution < -0.4 is 19.7 Å². The summed E-state index contributed by atoms with van der Waals surface area (Å²) in [6.07, 6.45) is 2.87. The maximum Gasteiger partial charge on any atom is 0.336 e. The van der Waals surface area contributed by atoms with Crippen LogP contribution in [0.1, 0.15) is 5.56 Å². The van der Waals surface area contributed by atoms with E-state index in [1.54, 1.807) is 24.3 Å². The van der Waals surface area contributed by atoms with Crippen molar-refractivity contribution in [3.63, 3.8) is 0 Å². The van der Waals surface area contributed by atoms with Crippen molar-refractivity contribution in [3.8, 4) is 11.5 Å². The van der Waals surface area contributed by atoms with Gasteiger partial charge >= 0.3 is 6.03 Å². The molecule has 0 aromatic heterocycles. The summed E-state index contributed by atoms with van der Waals surface area (Å²) < 4.78 is 24.8. The van der Waals surface area contributed by atoms with E-state index in [1.807, 2.05) is 5.32 Å². The lowest BCUT2D eigenvalue weighted by molar-refractivity contribution is -0.122. The van der Waals surface area contributed by atoms with E-state index in [9.17, 15) is 18.8 Å². The first-order valence-electron chi connectivity index (χ1n) is 8.54. The number of ether oxygens (including phenoxy) is 2. The normalized spacial score (nSPS) is 15.3. The fourth-order valence-corrected chi connectivity index (χ4v) is 2.72. The van der Waals surface area contributed by atoms with E-state index < -0.39 is 23.7 Å². The van der Waals surface area contributed by atoms with Crippen molar-refractivity contribution >= 4 is 29.6 Å². The molecule has 0 unspecified atom stereocenters. The third-order valence-corrected chi connectivity index (χ3v) is 4.05. The zero-order valence-electron chi connectivity index (χ0n) is 15.5. The molecule has 0 saturated carbocycles. The Morgan fingerprint density at radius 2 is 1.90 bits per heavy atom. The highest BCUT2D eigenvalue weighted by Crippen LogP contribution is 2.30. The molecule has 1 aliphatic heterocycles. The maximum absolute atomic E-state index is 14.1. The van der Waals surface area contributed by atoms with Gasteiger partial charge in [0.25, 0.3) is 11.8 Å². The smallest absolute Gasteiger partial charge is 0.336 e. The van der Waals surface area contributed by atoms with Crippen LogP contribution in [-0.4, -0.2) is 31.6 Å². The highest BCUT2D eigenvalue weighted by atomic mass is 19.1. The predicted octanol–water partition coefficient (Wildman–Crippen LogP) is 3.07. The molecule has 7 nitrogen and oxygen atoms in total. The Balaban J connectivity index is 1.98. The summed E-state index contributed by atoms with van der Waals surface area (Å²) in [6.45, 7) is 3.85. The van der Waals surface area contributed by atoms with Gasteiger partial charge in [-0.1, -0.05) is 30.9 Å². The lowest BCUT2D eigenvalue weighted by Gasteiger charge is -2.26. The van der Waals surface area contributed by atoms with Gasteiger partial charge in [-0.15, -0.1) is 0 Å². The molecule has 1 heterocycles. The van der Waals surface area contributed by atoms with Gasteiger partial charge in [0, 0.05) is 0 Å². The molecule has 0 spiro atoms. The van der Waals surface area contributed by atoms with Crippen LogP contribution in [0.25, 0.3) is 6.08 Å². The Kier molecular flexibility index (Phi) is 5.73. The molecule has 1 saturated heterocycles. The molecule has 1 N–H and O–H groups in total. The molecule has 4 amide bonds. The minimum Gasteiger partial charge on any atom is -0.493 e. The molecule has 0 atom stereocenters. The molecule has 0 bridgehead atoms.